The van der Waals surface area contributed by atoms with Gasteiger partial charge in [0.05, 0.1) is 0 Å². The quantitative estimate of drug-likeness (QED) is 0.906. The number of nitrogens with one attached hydrogen (secondary N) is 1. The van der Waals surface area contributed by atoms with Crippen LogP contribution in [0.15, 0.2) is 40.9 Å². The van der Waals surface area contributed by atoms with Crippen LogP contribution in [0.5, 0.6) is 0 Å². The van der Waals surface area contributed by atoms with Crippen molar-refractivity contribution in [3.05, 3.63) is 40.9 Å². The first-order chi connectivity index (χ1) is 9.29. The highest BCUT2D eigenvalue weighted by atomic mass is 79.9. The molecule has 3 rings (SSSR count). The lowest BCUT2D eigenvalue weighted by Crippen LogP contribution is -2.41. The molecule has 0 bridgehead atoms. The van der Waals surface area contributed by atoms with Crippen LogP contribution in [0.3, 0.4) is 0 Å². The van der Waals surface area contributed by atoms with E-state index >= 15 is 0 Å². The van der Waals surface area contributed by atoms with Crippen LogP contribution in [-0.2, 0) is 0 Å². The van der Waals surface area contributed by atoms with Crippen molar-refractivity contribution in [3.8, 4) is 0 Å². The Morgan fingerprint density at radius 3 is 2.42 bits per heavy atom. The fraction of sp³-hybridized carbons (Fsp3) is 0.375. The molecule has 0 spiro atoms. The normalized spacial score (nSPS) is 17.1. The first-order valence-corrected chi connectivity index (χ1v) is 7.68. The van der Waals surface area contributed by atoms with Crippen molar-refractivity contribution in [1.82, 2.24) is 5.32 Å². The van der Waals surface area contributed by atoms with Crippen LogP contribution < -0.4 is 10.2 Å². The largest absolute Gasteiger partial charge is 0.371 e. The average molecular weight is 319 g/mol. The van der Waals surface area contributed by atoms with Gasteiger partial charge in [-0.25, -0.2) is 0 Å². The van der Waals surface area contributed by atoms with E-state index in [1.165, 1.54) is 33.8 Å². The molecule has 2 aromatic carbocycles. The molecule has 1 fully saturated rings. The molecule has 0 atom stereocenters. The van der Waals surface area contributed by atoms with Crippen LogP contribution in [0.25, 0.3) is 10.8 Å². The summed E-state index contributed by atoms with van der Waals surface area (Å²) in [5.74, 6) is 0. The smallest absolute Gasteiger partial charge is 0.0446 e. The Morgan fingerprint density at radius 2 is 1.74 bits per heavy atom. The van der Waals surface area contributed by atoms with E-state index < -0.39 is 0 Å². The third-order valence-electron chi connectivity index (χ3n) is 4.09. The lowest BCUT2D eigenvalue weighted by Gasteiger charge is -2.34. The van der Waals surface area contributed by atoms with Crippen molar-refractivity contribution >= 4 is 32.4 Å². The number of hydrogen-bond acceptors (Lipinski definition) is 2. The number of nitrogens with zero attached hydrogens (tertiary/aromatic N) is 1. The Kier molecular flexibility index (Phi) is 3.76. The second-order valence-electron chi connectivity index (χ2n) is 5.16. The second-order valence-corrected chi connectivity index (χ2v) is 6.02. The zero-order valence-corrected chi connectivity index (χ0v) is 12.8. The minimum Gasteiger partial charge on any atom is -0.371 e. The number of piperidine rings is 1. The molecule has 1 aliphatic rings. The van der Waals surface area contributed by atoms with E-state index in [1.54, 1.807) is 0 Å². The number of fused-ring (bicyclic) bond motifs is 1. The highest BCUT2D eigenvalue weighted by Crippen LogP contribution is 2.33. The molecular formula is C16H19BrN2. The maximum absolute atomic E-state index is 3.65. The Labute approximate surface area is 122 Å². The summed E-state index contributed by atoms with van der Waals surface area (Å²) in [7, 11) is 2.06. The van der Waals surface area contributed by atoms with Gasteiger partial charge in [0, 0.05) is 34.7 Å². The van der Waals surface area contributed by atoms with Gasteiger partial charge in [0.2, 0.25) is 0 Å². The number of anilines is 1. The molecule has 1 aliphatic heterocycles. The summed E-state index contributed by atoms with van der Waals surface area (Å²) >= 11 is 3.65. The van der Waals surface area contributed by atoms with Crippen molar-refractivity contribution in [2.24, 2.45) is 0 Å². The van der Waals surface area contributed by atoms with Gasteiger partial charge in [0.1, 0.15) is 0 Å². The fourth-order valence-electron chi connectivity index (χ4n) is 2.93. The monoisotopic (exact) mass is 318 g/mol. The molecule has 2 nitrogen and oxygen atoms in total. The molecule has 19 heavy (non-hydrogen) atoms. The average Bonchev–Trinajstić information content (AvgIpc) is 2.48. The van der Waals surface area contributed by atoms with Gasteiger partial charge in [0.25, 0.3) is 0 Å². The third kappa shape index (κ3) is 2.49. The minimum atomic E-state index is 0.679. The van der Waals surface area contributed by atoms with Gasteiger partial charge in [-0.2, -0.15) is 0 Å². The van der Waals surface area contributed by atoms with Gasteiger partial charge in [-0.15, -0.1) is 0 Å². The molecule has 1 N–H and O–H groups in total. The van der Waals surface area contributed by atoms with Crippen molar-refractivity contribution in [2.45, 2.75) is 18.9 Å². The van der Waals surface area contributed by atoms with E-state index in [0.29, 0.717) is 6.04 Å². The Hall–Kier alpha value is -1.06. The fourth-order valence-corrected chi connectivity index (χ4v) is 3.41. The van der Waals surface area contributed by atoms with E-state index in [0.717, 1.165) is 13.1 Å². The SMILES string of the molecule is CNC1CCN(c2ccc(Br)c3ccccc23)CC1. The summed E-state index contributed by atoms with van der Waals surface area (Å²) in [5, 5.41) is 6.04. The molecule has 0 aromatic heterocycles. The number of halogens is 1. The van der Waals surface area contributed by atoms with Crippen LogP contribution in [0, 0.1) is 0 Å². The molecule has 3 heteroatoms. The van der Waals surface area contributed by atoms with E-state index in [-0.39, 0.29) is 0 Å². The van der Waals surface area contributed by atoms with Crippen molar-refractivity contribution in [1.29, 1.82) is 0 Å². The Morgan fingerprint density at radius 1 is 1.05 bits per heavy atom. The third-order valence-corrected chi connectivity index (χ3v) is 4.78. The highest BCUT2D eigenvalue weighted by molar-refractivity contribution is 9.10. The highest BCUT2D eigenvalue weighted by Gasteiger charge is 2.19. The molecule has 100 valence electrons. The van der Waals surface area contributed by atoms with Crippen molar-refractivity contribution < 1.29 is 0 Å². The standard InChI is InChI=1S/C16H19BrN2/c1-18-12-8-10-19(11-9-12)16-7-6-15(17)13-4-2-3-5-14(13)16/h2-7,12,18H,8-11H2,1H3. The molecule has 0 unspecified atom stereocenters. The summed E-state index contributed by atoms with van der Waals surface area (Å²) in [4.78, 5) is 2.52. The lowest BCUT2D eigenvalue weighted by atomic mass is 10.0. The topological polar surface area (TPSA) is 15.3 Å². The number of rotatable bonds is 2. The van der Waals surface area contributed by atoms with Crippen LogP contribution >= 0.6 is 15.9 Å². The Bertz CT molecular complexity index is 574. The zero-order chi connectivity index (χ0) is 13.2. The van der Waals surface area contributed by atoms with E-state index in [4.69, 9.17) is 0 Å². The summed E-state index contributed by atoms with van der Waals surface area (Å²) in [6.45, 7) is 2.27. The van der Waals surface area contributed by atoms with Gasteiger partial charge in [0.15, 0.2) is 0 Å². The first-order valence-electron chi connectivity index (χ1n) is 6.89. The molecular weight excluding hydrogens is 300 g/mol. The van der Waals surface area contributed by atoms with Crippen LogP contribution in [0.1, 0.15) is 12.8 Å². The minimum absolute atomic E-state index is 0.679. The van der Waals surface area contributed by atoms with Crippen molar-refractivity contribution in [2.75, 3.05) is 25.0 Å². The summed E-state index contributed by atoms with van der Waals surface area (Å²) in [6.07, 6.45) is 2.45. The van der Waals surface area contributed by atoms with Crippen LogP contribution in [0.4, 0.5) is 5.69 Å². The van der Waals surface area contributed by atoms with E-state index in [2.05, 4.69) is 69.6 Å². The van der Waals surface area contributed by atoms with Gasteiger partial charge in [-0.1, -0.05) is 40.2 Å². The molecule has 0 amide bonds. The maximum Gasteiger partial charge on any atom is 0.0446 e. The molecule has 1 saturated heterocycles. The molecule has 1 heterocycles. The summed E-state index contributed by atoms with van der Waals surface area (Å²) in [6, 6.07) is 13.7. The zero-order valence-electron chi connectivity index (χ0n) is 11.2. The first kappa shape index (κ1) is 12.9. The molecule has 0 radical (unpaired) electrons. The van der Waals surface area contributed by atoms with Gasteiger partial charge in [-0.05, 0) is 37.4 Å². The van der Waals surface area contributed by atoms with Crippen LogP contribution in [0.2, 0.25) is 0 Å². The van der Waals surface area contributed by atoms with Gasteiger partial charge >= 0.3 is 0 Å². The number of benzene rings is 2. The number of hydrogen-bond donors (Lipinski definition) is 1. The van der Waals surface area contributed by atoms with Gasteiger partial charge < -0.3 is 10.2 Å². The summed E-state index contributed by atoms with van der Waals surface area (Å²) < 4.78 is 1.18. The van der Waals surface area contributed by atoms with E-state index in [1.807, 2.05) is 0 Å². The van der Waals surface area contributed by atoms with Gasteiger partial charge in [-0.3, -0.25) is 0 Å². The van der Waals surface area contributed by atoms with E-state index in [9.17, 15) is 0 Å². The predicted molar refractivity (Wildman–Crippen MR) is 85.9 cm³/mol. The van der Waals surface area contributed by atoms with Crippen molar-refractivity contribution in [3.63, 3.8) is 0 Å². The molecule has 2 aromatic rings. The predicted octanol–water partition coefficient (Wildman–Crippen LogP) is 3.79. The second kappa shape index (κ2) is 5.51. The molecule has 0 aliphatic carbocycles. The molecule has 0 saturated carbocycles. The van der Waals surface area contributed by atoms with Crippen LogP contribution in [-0.4, -0.2) is 26.2 Å². The Balaban J connectivity index is 1.95. The maximum atomic E-state index is 3.65. The summed E-state index contributed by atoms with van der Waals surface area (Å²) in [5.41, 5.74) is 1.37. The lowest BCUT2D eigenvalue weighted by molar-refractivity contribution is 0.443.